The lowest BCUT2D eigenvalue weighted by molar-refractivity contribution is -0.124. The van der Waals surface area contributed by atoms with E-state index in [0.717, 1.165) is 16.7 Å². The first kappa shape index (κ1) is 21.3. The smallest absolute Gasteiger partial charge is 0.258 e. The molecule has 2 rings (SSSR count). The van der Waals surface area contributed by atoms with Crippen LogP contribution in [0.25, 0.3) is 0 Å². The zero-order chi connectivity index (χ0) is 20.5. The van der Waals surface area contributed by atoms with Gasteiger partial charge in [-0.1, -0.05) is 18.2 Å². The fourth-order valence-electron chi connectivity index (χ4n) is 2.48. The second kappa shape index (κ2) is 10.3. The normalized spacial score (nSPS) is 10.3. The minimum Gasteiger partial charge on any atom is -0.484 e. The number of carbonyl (C=O) groups is 2. The maximum atomic E-state index is 11.9. The lowest BCUT2D eigenvalue weighted by Crippen LogP contribution is -2.38. The van der Waals surface area contributed by atoms with Crippen LogP contribution in [-0.2, 0) is 9.59 Å². The van der Waals surface area contributed by atoms with Crippen LogP contribution < -0.4 is 20.1 Å². The van der Waals surface area contributed by atoms with Gasteiger partial charge >= 0.3 is 0 Å². The zero-order valence-corrected chi connectivity index (χ0v) is 16.9. The summed E-state index contributed by atoms with van der Waals surface area (Å²) in [6.45, 7) is 8.49. The van der Waals surface area contributed by atoms with Gasteiger partial charge in [0.2, 0.25) is 0 Å². The average molecular weight is 384 g/mol. The molecule has 0 aliphatic carbocycles. The molecule has 6 heteroatoms. The quantitative estimate of drug-likeness (QED) is 0.652. The van der Waals surface area contributed by atoms with E-state index in [1.54, 1.807) is 0 Å². The third kappa shape index (κ3) is 6.61. The van der Waals surface area contributed by atoms with Gasteiger partial charge in [0, 0.05) is 13.1 Å². The molecule has 0 aliphatic heterocycles. The molecule has 0 unspecified atom stereocenters. The first-order chi connectivity index (χ1) is 13.4. The Bertz CT molecular complexity index is 833. The number of nitrogens with one attached hydrogen (secondary N) is 2. The van der Waals surface area contributed by atoms with E-state index >= 15 is 0 Å². The number of hydrogen-bond acceptors (Lipinski definition) is 4. The Labute approximate surface area is 166 Å². The lowest BCUT2D eigenvalue weighted by atomic mass is 10.1. The Morgan fingerprint density at radius 2 is 1.43 bits per heavy atom. The number of rotatable bonds is 9. The number of hydrogen-bond donors (Lipinski definition) is 2. The fraction of sp³-hybridized carbons (Fsp3) is 0.364. The van der Waals surface area contributed by atoms with Crippen molar-refractivity contribution in [1.82, 2.24) is 10.6 Å². The molecule has 0 saturated carbocycles. The Balaban J connectivity index is 1.61. The maximum absolute atomic E-state index is 11.9. The molecule has 0 atom stereocenters. The van der Waals surface area contributed by atoms with Crippen LogP contribution in [0.2, 0.25) is 0 Å². The first-order valence-electron chi connectivity index (χ1n) is 9.29. The number of aryl methyl sites for hydroxylation is 3. The Kier molecular flexibility index (Phi) is 7.87. The fourth-order valence-corrected chi connectivity index (χ4v) is 2.48. The van der Waals surface area contributed by atoms with Gasteiger partial charge in [-0.3, -0.25) is 9.59 Å². The number of benzene rings is 2. The molecule has 2 aromatic rings. The molecule has 0 saturated heterocycles. The van der Waals surface area contributed by atoms with Gasteiger partial charge in [0.15, 0.2) is 13.2 Å². The van der Waals surface area contributed by atoms with Gasteiger partial charge in [-0.15, -0.1) is 0 Å². The predicted octanol–water partition coefficient (Wildman–Crippen LogP) is 2.61. The topological polar surface area (TPSA) is 76.7 Å². The van der Waals surface area contributed by atoms with Gasteiger partial charge in [-0.2, -0.15) is 0 Å². The summed E-state index contributed by atoms with van der Waals surface area (Å²) in [6, 6.07) is 11.4. The van der Waals surface area contributed by atoms with E-state index in [4.69, 9.17) is 9.47 Å². The summed E-state index contributed by atoms with van der Waals surface area (Å²) in [5.41, 5.74) is 4.42. The van der Waals surface area contributed by atoms with E-state index in [2.05, 4.69) is 10.6 Å². The summed E-state index contributed by atoms with van der Waals surface area (Å²) in [4.78, 5) is 23.7. The molecular weight excluding hydrogens is 356 g/mol. The van der Waals surface area contributed by atoms with Crippen LogP contribution in [0.5, 0.6) is 11.5 Å². The molecule has 0 aromatic heterocycles. The molecule has 0 radical (unpaired) electrons. The molecule has 2 N–H and O–H groups in total. The van der Waals surface area contributed by atoms with Gasteiger partial charge in [-0.05, 0) is 68.1 Å². The highest BCUT2D eigenvalue weighted by Gasteiger charge is 2.07. The van der Waals surface area contributed by atoms with Crippen molar-refractivity contribution in [3.63, 3.8) is 0 Å². The van der Waals surface area contributed by atoms with Crippen LogP contribution in [0.15, 0.2) is 36.4 Å². The third-order valence-electron chi connectivity index (χ3n) is 4.53. The standard InChI is InChI=1S/C22H28N2O4/c1-15-8-9-19(12-17(15)3)27-13-21(25)23-10-11-24-22(26)14-28-20-7-5-6-16(2)18(20)4/h5-9,12H,10-11,13-14H2,1-4H3,(H,23,25)(H,24,26). The molecule has 0 fully saturated rings. The molecule has 0 aliphatic rings. The van der Waals surface area contributed by atoms with Crippen LogP contribution in [0.4, 0.5) is 0 Å². The molecular formula is C22H28N2O4. The van der Waals surface area contributed by atoms with Gasteiger partial charge in [-0.25, -0.2) is 0 Å². The summed E-state index contributed by atoms with van der Waals surface area (Å²) < 4.78 is 11.0. The van der Waals surface area contributed by atoms with Crippen molar-refractivity contribution >= 4 is 11.8 Å². The van der Waals surface area contributed by atoms with Crippen LogP contribution in [0.3, 0.4) is 0 Å². The van der Waals surface area contributed by atoms with Crippen molar-refractivity contribution < 1.29 is 19.1 Å². The third-order valence-corrected chi connectivity index (χ3v) is 4.53. The van der Waals surface area contributed by atoms with E-state index < -0.39 is 0 Å². The van der Waals surface area contributed by atoms with Crippen molar-refractivity contribution in [3.05, 3.63) is 58.7 Å². The van der Waals surface area contributed by atoms with Crippen molar-refractivity contribution in [2.45, 2.75) is 27.7 Å². The monoisotopic (exact) mass is 384 g/mol. The van der Waals surface area contributed by atoms with Crippen molar-refractivity contribution in [2.24, 2.45) is 0 Å². The molecule has 150 valence electrons. The predicted molar refractivity (Wildman–Crippen MR) is 109 cm³/mol. The Hall–Kier alpha value is -3.02. The first-order valence-corrected chi connectivity index (χ1v) is 9.29. The van der Waals surface area contributed by atoms with Crippen molar-refractivity contribution in [2.75, 3.05) is 26.3 Å². The summed E-state index contributed by atoms with van der Waals surface area (Å²) in [5.74, 6) is 0.891. The number of ether oxygens (including phenoxy) is 2. The van der Waals surface area contributed by atoms with Crippen LogP contribution >= 0.6 is 0 Å². The van der Waals surface area contributed by atoms with Crippen LogP contribution in [0, 0.1) is 27.7 Å². The largest absolute Gasteiger partial charge is 0.484 e. The molecule has 2 aromatic carbocycles. The molecule has 6 nitrogen and oxygen atoms in total. The van der Waals surface area contributed by atoms with Crippen molar-refractivity contribution in [1.29, 1.82) is 0 Å². The average Bonchev–Trinajstić information content (AvgIpc) is 2.67. The van der Waals surface area contributed by atoms with Gasteiger partial charge in [0.05, 0.1) is 0 Å². The molecule has 0 bridgehead atoms. The Morgan fingerprint density at radius 1 is 0.786 bits per heavy atom. The second-order valence-electron chi connectivity index (χ2n) is 6.72. The summed E-state index contributed by atoms with van der Waals surface area (Å²) in [6.07, 6.45) is 0. The van der Waals surface area contributed by atoms with Gasteiger partial charge in [0.25, 0.3) is 11.8 Å². The highest BCUT2D eigenvalue weighted by molar-refractivity contribution is 5.78. The van der Waals surface area contributed by atoms with Crippen LogP contribution in [-0.4, -0.2) is 38.1 Å². The molecule has 2 amide bonds. The minimum absolute atomic E-state index is 0.0614. The second-order valence-corrected chi connectivity index (χ2v) is 6.72. The lowest BCUT2D eigenvalue weighted by Gasteiger charge is -2.11. The zero-order valence-electron chi connectivity index (χ0n) is 16.9. The van der Waals surface area contributed by atoms with Gasteiger partial charge < -0.3 is 20.1 Å². The van der Waals surface area contributed by atoms with E-state index in [9.17, 15) is 9.59 Å². The highest BCUT2D eigenvalue weighted by atomic mass is 16.5. The van der Waals surface area contributed by atoms with Crippen LogP contribution in [0.1, 0.15) is 22.3 Å². The molecule has 0 spiro atoms. The summed E-state index contributed by atoms with van der Waals surface area (Å²) in [7, 11) is 0. The Morgan fingerprint density at radius 3 is 2.07 bits per heavy atom. The highest BCUT2D eigenvalue weighted by Crippen LogP contribution is 2.20. The molecule has 0 heterocycles. The molecule has 28 heavy (non-hydrogen) atoms. The van der Waals surface area contributed by atoms with E-state index in [0.29, 0.717) is 24.6 Å². The number of amides is 2. The van der Waals surface area contributed by atoms with Gasteiger partial charge in [0.1, 0.15) is 11.5 Å². The van der Waals surface area contributed by atoms with Crippen molar-refractivity contribution in [3.8, 4) is 11.5 Å². The number of carbonyl (C=O) groups excluding carboxylic acids is 2. The summed E-state index contributed by atoms with van der Waals surface area (Å²) >= 11 is 0. The minimum atomic E-state index is -0.237. The van der Waals surface area contributed by atoms with E-state index in [-0.39, 0.29) is 25.0 Å². The van der Waals surface area contributed by atoms with E-state index in [1.165, 1.54) is 5.56 Å². The summed E-state index contributed by atoms with van der Waals surface area (Å²) in [5, 5.41) is 5.42. The maximum Gasteiger partial charge on any atom is 0.258 e. The SMILES string of the molecule is Cc1ccc(OCC(=O)NCCNC(=O)COc2cccc(C)c2C)cc1C. The van der Waals surface area contributed by atoms with E-state index in [1.807, 2.05) is 64.1 Å².